The first-order valence-electron chi connectivity index (χ1n) is 7.87. The van der Waals surface area contributed by atoms with Crippen molar-refractivity contribution in [1.82, 2.24) is 15.5 Å². The minimum absolute atomic E-state index is 0. The van der Waals surface area contributed by atoms with Crippen molar-refractivity contribution in [2.75, 3.05) is 19.6 Å². The molecule has 21 heavy (non-hydrogen) atoms. The summed E-state index contributed by atoms with van der Waals surface area (Å²) < 4.78 is 0. The lowest BCUT2D eigenvalue weighted by atomic mass is 10.2. The third-order valence-corrected chi connectivity index (χ3v) is 4.08. The Balaban J connectivity index is 0.00000220. The molecule has 0 bridgehead atoms. The maximum Gasteiger partial charge on any atom is 0.225 e. The fourth-order valence-electron chi connectivity index (χ4n) is 2.63. The zero-order chi connectivity index (χ0) is 14.7. The van der Waals surface area contributed by atoms with E-state index in [0.29, 0.717) is 12.1 Å². The Kier molecular flexibility index (Phi) is 7.23. The van der Waals surface area contributed by atoms with Crippen molar-refractivity contribution in [3.05, 3.63) is 0 Å². The summed E-state index contributed by atoms with van der Waals surface area (Å²) in [6.07, 6.45) is 2.23. The van der Waals surface area contributed by atoms with Crippen LogP contribution in [0.2, 0.25) is 0 Å². The Morgan fingerprint density at radius 3 is 2.57 bits per heavy atom. The molecule has 3 atom stereocenters. The first-order chi connectivity index (χ1) is 9.51. The van der Waals surface area contributed by atoms with Crippen LogP contribution in [0.4, 0.5) is 0 Å². The number of hydrogen-bond acceptors (Lipinski definition) is 2. The highest BCUT2D eigenvalue weighted by Gasteiger charge is 2.34. The summed E-state index contributed by atoms with van der Waals surface area (Å²) in [6, 6.07) is 0.896. The molecular formula is C15H29IN4O. The number of carbonyl (C=O) groups excluding carboxylic acids is 1. The maximum atomic E-state index is 12.0. The van der Waals surface area contributed by atoms with Crippen molar-refractivity contribution in [3.63, 3.8) is 0 Å². The Hall–Kier alpha value is -0.530. The molecule has 0 aromatic carbocycles. The number of carbonyl (C=O) groups is 1. The second kappa shape index (κ2) is 8.19. The van der Waals surface area contributed by atoms with Gasteiger partial charge in [0.1, 0.15) is 0 Å². The molecule has 1 saturated heterocycles. The molecule has 0 spiro atoms. The molecular weight excluding hydrogens is 379 g/mol. The number of nitrogens with one attached hydrogen (secondary N) is 2. The Bertz CT molecular complexity index is 386. The number of likely N-dealkylation sites (tertiary alicyclic amines) is 1. The lowest BCUT2D eigenvalue weighted by molar-refractivity contribution is -0.133. The summed E-state index contributed by atoms with van der Waals surface area (Å²) in [5.41, 5.74) is 0. The SMILES string of the molecule is CCN=C(NC1CCN(C(=O)C(C)C)C1)NC1CC1C.I. The molecule has 0 aromatic heterocycles. The number of guanidine groups is 1. The zero-order valence-electron chi connectivity index (χ0n) is 13.6. The molecule has 1 aliphatic heterocycles. The minimum atomic E-state index is 0. The Morgan fingerprint density at radius 1 is 1.38 bits per heavy atom. The summed E-state index contributed by atoms with van der Waals surface area (Å²) in [4.78, 5) is 18.4. The maximum absolute atomic E-state index is 12.0. The highest BCUT2D eigenvalue weighted by molar-refractivity contribution is 14.0. The van der Waals surface area contributed by atoms with Crippen molar-refractivity contribution < 1.29 is 4.79 Å². The molecule has 1 heterocycles. The van der Waals surface area contributed by atoms with E-state index in [0.717, 1.165) is 37.9 Å². The molecule has 5 nitrogen and oxygen atoms in total. The summed E-state index contributed by atoms with van der Waals surface area (Å²) in [5.74, 6) is 2.00. The van der Waals surface area contributed by atoms with E-state index < -0.39 is 0 Å². The second-order valence-electron chi connectivity index (χ2n) is 6.36. The topological polar surface area (TPSA) is 56.7 Å². The average molecular weight is 408 g/mol. The van der Waals surface area contributed by atoms with Crippen LogP contribution < -0.4 is 10.6 Å². The molecule has 2 fully saturated rings. The van der Waals surface area contributed by atoms with Gasteiger partial charge in [-0.1, -0.05) is 20.8 Å². The van der Waals surface area contributed by atoms with Crippen molar-refractivity contribution in [2.45, 2.75) is 52.6 Å². The monoisotopic (exact) mass is 408 g/mol. The van der Waals surface area contributed by atoms with Gasteiger partial charge in [-0.15, -0.1) is 24.0 Å². The van der Waals surface area contributed by atoms with Crippen molar-refractivity contribution in [2.24, 2.45) is 16.8 Å². The van der Waals surface area contributed by atoms with Gasteiger partial charge in [0.05, 0.1) is 0 Å². The van der Waals surface area contributed by atoms with Crippen LogP contribution in [-0.4, -0.2) is 48.5 Å². The first kappa shape index (κ1) is 18.5. The standard InChI is InChI=1S/C15H28N4O.HI/c1-5-16-15(18-13-8-11(13)4)17-12-6-7-19(9-12)14(20)10(2)3;/h10-13H,5-9H2,1-4H3,(H2,16,17,18);1H. The fraction of sp³-hybridized carbons (Fsp3) is 0.867. The van der Waals surface area contributed by atoms with Crippen LogP contribution in [0.5, 0.6) is 0 Å². The van der Waals surface area contributed by atoms with Crippen LogP contribution in [0.3, 0.4) is 0 Å². The van der Waals surface area contributed by atoms with E-state index in [4.69, 9.17) is 0 Å². The van der Waals surface area contributed by atoms with Gasteiger partial charge in [0.25, 0.3) is 0 Å². The predicted molar refractivity (Wildman–Crippen MR) is 97.1 cm³/mol. The first-order valence-corrected chi connectivity index (χ1v) is 7.87. The van der Waals surface area contributed by atoms with Crippen LogP contribution in [0.1, 0.15) is 40.5 Å². The van der Waals surface area contributed by atoms with Gasteiger partial charge in [0.2, 0.25) is 5.91 Å². The molecule has 0 aromatic rings. The van der Waals surface area contributed by atoms with Crippen LogP contribution in [0, 0.1) is 11.8 Å². The quantitative estimate of drug-likeness (QED) is 0.424. The van der Waals surface area contributed by atoms with Gasteiger partial charge < -0.3 is 15.5 Å². The number of nitrogens with zero attached hydrogens (tertiary/aromatic N) is 2. The van der Waals surface area contributed by atoms with E-state index in [-0.39, 0.29) is 35.8 Å². The normalized spacial score (nSPS) is 28.3. The molecule has 2 aliphatic rings. The van der Waals surface area contributed by atoms with E-state index in [1.54, 1.807) is 0 Å². The van der Waals surface area contributed by atoms with Crippen molar-refractivity contribution >= 4 is 35.8 Å². The van der Waals surface area contributed by atoms with E-state index in [1.165, 1.54) is 6.42 Å². The van der Waals surface area contributed by atoms with E-state index in [9.17, 15) is 4.79 Å². The molecule has 3 unspecified atom stereocenters. The van der Waals surface area contributed by atoms with Crippen LogP contribution in [0.25, 0.3) is 0 Å². The van der Waals surface area contributed by atoms with Crippen molar-refractivity contribution in [1.29, 1.82) is 0 Å². The van der Waals surface area contributed by atoms with Gasteiger partial charge in [-0.05, 0) is 25.7 Å². The summed E-state index contributed by atoms with van der Waals surface area (Å²) in [6.45, 7) is 10.6. The predicted octanol–water partition coefficient (Wildman–Crippen LogP) is 1.82. The molecule has 1 amide bonds. The molecule has 0 radical (unpaired) electrons. The third kappa shape index (κ3) is 5.30. The minimum Gasteiger partial charge on any atom is -0.353 e. The van der Waals surface area contributed by atoms with Gasteiger partial charge in [0.15, 0.2) is 5.96 Å². The molecule has 1 saturated carbocycles. The lowest BCUT2D eigenvalue weighted by Crippen LogP contribution is -2.46. The number of halogens is 1. The van der Waals surface area contributed by atoms with Crippen LogP contribution >= 0.6 is 24.0 Å². The lowest BCUT2D eigenvalue weighted by Gasteiger charge is -2.20. The summed E-state index contributed by atoms with van der Waals surface area (Å²) >= 11 is 0. The van der Waals surface area contributed by atoms with E-state index in [2.05, 4.69) is 22.5 Å². The molecule has 2 rings (SSSR count). The molecule has 2 N–H and O–H groups in total. The zero-order valence-corrected chi connectivity index (χ0v) is 15.9. The van der Waals surface area contributed by atoms with Gasteiger partial charge >= 0.3 is 0 Å². The van der Waals surface area contributed by atoms with Crippen LogP contribution in [0.15, 0.2) is 4.99 Å². The number of aliphatic imine (C=N–C) groups is 1. The molecule has 6 heteroatoms. The number of amides is 1. The fourth-order valence-corrected chi connectivity index (χ4v) is 2.63. The highest BCUT2D eigenvalue weighted by Crippen LogP contribution is 2.28. The van der Waals surface area contributed by atoms with Crippen LogP contribution in [-0.2, 0) is 4.79 Å². The van der Waals surface area contributed by atoms with Gasteiger partial charge in [-0.3, -0.25) is 9.79 Å². The summed E-state index contributed by atoms with van der Waals surface area (Å²) in [5, 5.41) is 6.95. The molecule has 1 aliphatic carbocycles. The van der Waals surface area contributed by atoms with Gasteiger partial charge in [-0.2, -0.15) is 0 Å². The smallest absolute Gasteiger partial charge is 0.225 e. The average Bonchev–Trinajstić information content (AvgIpc) is 2.90. The molecule has 122 valence electrons. The van der Waals surface area contributed by atoms with Gasteiger partial charge in [0, 0.05) is 37.6 Å². The highest BCUT2D eigenvalue weighted by atomic mass is 127. The third-order valence-electron chi connectivity index (χ3n) is 4.08. The Morgan fingerprint density at radius 2 is 2.05 bits per heavy atom. The van der Waals surface area contributed by atoms with E-state index in [1.807, 2.05) is 25.7 Å². The van der Waals surface area contributed by atoms with Gasteiger partial charge in [-0.25, -0.2) is 0 Å². The largest absolute Gasteiger partial charge is 0.353 e. The Labute approximate surface area is 145 Å². The number of hydrogen-bond donors (Lipinski definition) is 2. The van der Waals surface area contributed by atoms with E-state index >= 15 is 0 Å². The number of rotatable bonds is 4. The second-order valence-corrected chi connectivity index (χ2v) is 6.36. The van der Waals surface area contributed by atoms with Crippen molar-refractivity contribution in [3.8, 4) is 0 Å². The summed E-state index contributed by atoms with van der Waals surface area (Å²) in [7, 11) is 0.